The van der Waals surface area contributed by atoms with Crippen LogP contribution in [0.25, 0.3) is 0 Å². The van der Waals surface area contributed by atoms with Crippen molar-refractivity contribution in [2.45, 2.75) is 11.4 Å². The SMILES string of the molecule is CN(C)S(=O)(=O)c1ccc(CNc2cncc(Br)c2)cc1. The van der Waals surface area contributed by atoms with Crippen LogP contribution in [0.4, 0.5) is 5.69 Å². The van der Waals surface area contributed by atoms with Gasteiger partial charge in [-0.25, -0.2) is 12.7 Å². The van der Waals surface area contributed by atoms with Crippen molar-refractivity contribution in [2.24, 2.45) is 0 Å². The molecule has 0 fully saturated rings. The molecule has 0 spiro atoms. The van der Waals surface area contributed by atoms with Crippen LogP contribution in [0.5, 0.6) is 0 Å². The van der Waals surface area contributed by atoms with Gasteiger partial charge in [-0.1, -0.05) is 12.1 Å². The van der Waals surface area contributed by atoms with E-state index in [1.165, 1.54) is 18.4 Å². The third kappa shape index (κ3) is 4.03. The van der Waals surface area contributed by atoms with Gasteiger partial charge in [0, 0.05) is 31.3 Å². The van der Waals surface area contributed by atoms with Gasteiger partial charge in [0.1, 0.15) is 0 Å². The smallest absolute Gasteiger partial charge is 0.242 e. The third-order valence-electron chi connectivity index (χ3n) is 2.90. The molecule has 0 aliphatic heterocycles. The zero-order valence-corrected chi connectivity index (χ0v) is 14.1. The second kappa shape index (κ2) is 6.55. The van der Waals surface area contributed by atoms with E-state index in [1.807, 2.05) is 6.07 Å². The average molecular weight is 370 g/mol. The molecule has 112 valence electrons. The molecule has 0 atom stereocenters. The summed E-state index contributed by atoms with van der Waals surface area (Å²) in [5.74, 6) is 0. The van der Waals surface area contributed by atoms with Crippen LogP contribution in [0.3, 0.4) is 0 Å². The van der Waals surface area contributed by atoms with Gasteiger partial charge in [0.05, 0.1) is 16.8 Å². The Hall–Kier alpha value is -1.44. The van der Waals surface area contributed by atoms with Gasteiger partial charge >= 0.3 is 0 Å². The lowest BCUT2D eigenvalue weighted by molar-refractivity contribution is 0.520. The van der Waals surface area contributed by atoms with Gasteiger partial charge in [-0.3, -0.25) is 4.98 Å². The maximum absolute atomic E-state index is 12.0. The van der Waals surface area contributed by atoms with E-state index in [0.29, 0.717) is 11.4 Å². The molecule has 0 amide bonds. The number of nitrogens with zero attached hydrogens (tertiary/aromatic N) is 2. The second-order valence-corrected chi connectivity index (χ2v) is 7.74. The molecular weight excluding hydrogens is 354 g/mol. The Morgan fingerprint density at radius 3 is 2.43 bits per heavy atom. The van der Waals surface area contributed by atoms with Crippen LogP contribution in [0.15, 0.2) is 52.1 Å². The van der Waals surface area contributed by atoms with E-state index in [4.69, 9.17) is 0 Å². The molecule has 21 heavy (non-hydrogen) atoms. The Balaban J connectivity index is 2.07. The van der Waals surface area contributed by atoms with Crippen molar-refractivity contribution < 1.29 is 8.42 Å². The first-order valence-corrected chi connectivity index (χ1v) is 8.49. The van der Waals surface area contributed by atoms with Crippen LogP contribution in [-0.4, -0.2) is 31.8 Å². The fourth-order valence-electron chi connectivity index (χ4n) is 1.70. The molecule has 0 saturated carbocycles. The van der Waals surface area contributed by atoms with Gasteiger partial charge in [0.25, 0.3) is 0 Å². The number of halogens is 1. The minimum absolute atomic E-state index is 0.292. The Morgan fingerprint density at radius 1 is 1.19 bits per heavy atom. The van der Waals surface area contributed by atoms with Crippen molar-refractivity contribution in [3.63, 3.8) is 0 Å². The van der Waals surface area contributed by atoms with Crippen LogP contribution in [0.2, 0.25) is 0 Å². The highest BCUT2D eigenvalue weighted by Crippen LogP contribution is 2.17. The normalized spacial score (nSPS) is 11.6. The van der Waals surface area contributed by atoms with Gasteiger partial charge in [-0.05, 0) is 39.7 Å². The predicted molar refractivity (Wildman–Crippen MR) is 86.6 cm³/mol. The van der Waals surface area contributed by atoms with Crippen molar-refractivity contribution in [3.05, 3.63) is 52.8 Å². The molecule has 1 N–H and O–H groups in total. The average Bonchev–Trinajstić information content (AvgIpc) is 2.45. The minimum Gasteiger partial charge on any atom is -0.380 e. The van der Waals surface area contributed by atoms with E-state index in [9.17, 15) is 8.42 Å². The topological polar surface area (TPSA) is 62.3 Å². The second-order valence-electron chi connectivity index (χ2n) is 4.68. The van der Waals surface area contributed by atoms with E-state index in [0.717, 1.165) is 15.7 Å². The van der Waals surface area contributed by atoms with Gasteiger partial charge in [0.2, 0.25) is 10.0 Å². The first kappa shape index (κ1) is 15.9. The monoisotopic (exact) mass is 369 g/mol. The molecule has 0 aliphatic rings. The van der Waals surface area contributed by atoms with E-state index >= 15 is 0 Å². The lowest BCUT2D eigenvalue weighted by Crippen LogP contribution is -2.22. The number of nitrogens with one attached hydrogen (secondary N) is 1. The van der Waals surface area contributed by atoms with Gasteiger partial charge < -0.3 is 5.32 Å². The van der Waals surface area contributed by atoms with Crippen LogP contribution < -0.4 is 5.32 Å². The highest BCUT2D eigenvalue weighted by Gasteiger charge is 2.16. The molecule has 2 aromatic rings. The van der Waals surface area contributed by atoms with Crippen molar-refractivity contribution in [2.75, 3.05) is 19.4 Å². The van der Waals surface area contributed by atoms with Crippen LogP contribution in [0.1, 0.15) is 5.56 Å². The molecule has 1 aromatic heterocycles. The molecule has 0 saturated heterocycles. The van der Waals surface area contributed by atoms with Crippen molar-refractivity contribution >= 4 is 31.6 Å². The van der Waals surface area contributed by atoms with E-state index in [-0.39, 0.29) is 0 Å². The highest BCUT2D eigenvalue weighted by atomic mass is 79.9. The summed E-state index contributed by atoms with van der Waals surface area (Å²) in [5.41, 5.74) is 1.89. The van der Waals surface area contributed by atoms with Crippen LogP contribution in [0, 0.1) is 0 Å². The Labute approximate surface area is 133 Å². The Morgan fingerprint density at radius 2 is 1.86 bits per heavy atom. The Kier molecular flexibility index (Phi) is 4.97. The van der Waals surface area contributed by atoms with Gasteiger partial charge in [-0.2, -0.15) is 0 Å². The lowest BCUT2D eigenvalue weighted by atomic mass is 10.2. The summed E-state index contributed by atoms with van der Waals surface area (Å²) in [6.07, 6.45) is 3.45. The summed E-state index contributed by atoms with van der Waals surface area (Å²) in [7, 11) is -0.332. The summed E-state index contributed by atoms with van der Waals surface area (Å²) in [4.78, 5) is 4.36. The van der Waals surface area contributed by atoms with E-state index in [2.05, 4.69) is 26.2 Å². The molecule has 5 nitrogen and oxygen atoms in total. The molecule has 1 aromatic carbocycles. The number of hydrogen-bond acceptors (Lipinski definition) is 4. The van der Waals surface area contributed by atoms with Crippen molar-refractivity contribution in [1.82, 2.24) is 9.29 Å². The standard InChI is InChI=1S/C14H16BrN3O2S/c1-18(2)21(19,20)14-5-3-11(4-6-14)8-17-13-7-12(15)9-16-10-13/h3-7,9-10,17H,8H2,1-2H3. The minimum atomic E-state index is -3.37. The molecule has 0 unspecified atom stereocenters. The summed E-state index contributed by atoms with van der Waals surface area (Å²) in [6, 6.07) is 8.76. The first-order chi connectivity index (χ1) is 9.89. The number of anilines is 1. The molecule has 0 radical (unpaired) electrons. The maximum Gasteiger partial charge on any atom is 0.242 e. The highest BCUT2D eigenvalue weighted by molar-refractivity contribution is 9.10. The molecule has 2 rings (SSSR count). The quantitative estimate of drug-likeness (QED) is 0.879. The molecule has 1 heterocycles. The summed E-state index contributed by atoms with van der Waals surface area (Å²) in [5, 5.41) is 3.23. The molecular formula is C14H16BrN3O2S. The fraction of sp³-hybridized carbons (Fsp3) is 0.214. The van der Waals surface area contributed by atoms with Gasteiger partial charge in [0.15, 0.2) is 0 Å². The fourth-order valence-corrected chi connectivity index (χ4v) is 2.97. The largest absolute Gasteiger partial charge is 0.380 e. The van der Waals surface area contributed by atoms with E-state index < -0.39 is 10.0 Å². The van der Waals surface area contributed by atoms with Crippen LogP contribution in [-0.2, 0) is 16.6 Å². The number of benzene rings is 1. The zero-order valence-electron chi connectivity index (χ0n) is 11.7. The number of sulfonamides is 1. The van der Waals surface area contributed by atoms with Crippen molar-refractivity contribution in [3.8, 4) is 0 Å². The predicted octanol–water partition coefficient (Wildman–Crippen LogP) is 2.71. The summed E-state index contributed by atoms with van der Waals surface area (Å²) in [6.45, 7) is 0.598. The zero-order chi connectivity index (χ0) is 15.5. The van der Waals surface area contributed by atoms with Crippen molar-refractivity contribution in [1.29, 1.82) is 0 Å². The number of hydrogen-bond donors (Lipinski definition) is 1. The van der Waals surface area contributed by atoms with Gasteiger partial charge in [-0.15, -0.1) is 0 Å². The number of pyridine rings is 1. The first-order valence-electron chi connectivity index (χ1n) is 6.25. The maximum atomic E-state index is 12.0. The lowest BCUT2D eigenvalue weighted by Gasteiger charge is -2.12. The number of aromatic nitrogens is 1. The molecule has 0 aliphatic carbocycles. The summed E-state index contributed by atoms with van der Waals surface area (Å²) >= 11 is 3.36. The summed E-state index contributed by atoms with van der Waals surface area (Å²) < 4.78 is 26.0. The Bertz CT molecular complexity index is 715. The van der Waals surface area contributed by atoms with Crippen LogP contribution >= 0.6 is 15.9 Å². The number of rotatable bonds is 5. The molecule has 7 heteroatoms. The van der Waals surface area contributed by atoms with E-state index in [1.54, 1.807) is 36.7 Å². The molecule has 0 bridgehead atoms. The third-order valence-corrected chi connectivity index (χ3v) is 5.17.